The van der Waals surface area contributed by atoms with Crippen LogP contribution in [0.5, 0.6) is 11.5 Å². The summed E-state index contributed by atoms with van der Waals surface area (Å²) in [6.07, 6.45) is 1.88. The summed E-state index contributed by atoms with van der Waals surface area (Å²) in [7, 11) is 1.42. The fourth-order valence-electron chi connectivity index (χ4n) is 2.67. The Hall–Kier alpha value is -1.87. The van der Waals surface area contributed by atoms with Crippen molar-refractivity contribution in [3.63, 3.8) is 0 Å². The maximum absolute atomic E-state index is 12.6. The molecule has 0 saturated heterocycles. The van der Waals surface area contributed by atoms with Crippen LogP contribution in [0.1, 0.15) is 35.7 Å². The van der Waals surface area contributed by atoms with E-state index in [2.05, 4.69) is 15.9 Å². The summed E-state index contributed by atoms with van der Waals surface area (Å²) in [5.41, 5.74) is 0.278. The normalized spacial score (nSPS) is 29.2. The summed E-state index contributed by atoms with van der Waals surface area (Å²) in [4.78, 5) is 12.6. The summed E-state index contributed by atoms with van der Waals surface area (Å²) < 4.78 is 11.0. The molecule has 148 valence electrons. The predicted octanol–water partition coefficient (Wildman–Crippen LogP) is 2.15. The minimum Gasteiger partial charge on any atom is -0.507 e. The molecule has 1 aliphatic heterocycles. The Balaban J connectivity index is 2.52. The maximum Gasteiger partial charge on any atom is 0.342 e. The minimum absolute atomic E-state index is 0.0152. The monoisotopic (exact) mass is 442 g/mol. The van der Waals surface area contributed by atoms with E-state index in [9.17, 15) is 25.2 Å². The van der Waals surface area contributed by atoms with Gasteiger partial charge in [-0.3, -0.25) is 0 Å². The third kappa shape index (κ3) is 5.10. The van der Waals surface area contributed by atoms with Crippen LogP contribution in [-0.2, 0) is 4.74 Å². The summed E-state index contributed by atoms with van der Waals surface area (Å²) in [6, 6.07) is 1.31. The van der Waals surface area contributed by atoms with Crippen LogP contribution in [0.4, 0.5) is 0 Å². The lowest BCUT2D eigenvalue weighted by atomic mass is 10.0. The predicted molar refractivity (Wildman–Crippen MR) is 103 cm³/mol. The lowest BCUT2D eigenvalue weighted by molar-refractivity contribution is -0.0394. The smallest absolute Gasteiger partial charge is 0.342 e. The number of hydrogen-bond acceptors (Lipinski definition) is 7. The van der Waals surface area contributed by atoms with Crippen LogP contribution < -0.4 is 4.74 Å². The number of methoxy groups -OCH3 is 1. The molecule has 1 aliphatic rings. The van der Waals surface area contributed by atoms with E-state index >= 15 is 0 Å². The third-order valence-electron chi connectivity index (χ3n) is 4.19. The van der Waals surface area contributed by atoms with Crippen LogP contribution in [0.2, 0.25) is 0 Å². The zero-order chi connectivity index (χ0) is 20.1. The van der Waals surface area contributed by atoms with Gasteiger partial charge in [-0.2, -0.15) is 0 Å². The number of cyclic esters (lactones) is 1. The van der Waals surface area contributed by atoms with Crippen LogP contribution in [0.25, 0.3) is 6.08 Å². The lowest BCUT2D eigenvalue weighted by Gasteiger charge is -2.21. The van der Waals surface area contributed by atoms with Crippen LogP contribution in [-0.4, -0.2) is 57.9 Å². The molecule has 0 spiro atoms. The fourth-order valence-corrected chi connectivity index (χ4v) is 3.27. The number of ether oxygens (including phenoxy) is 2. The number of phenolic OH excluding ortho intramolecular Hbond substituents is 1. The first-order chi connectivity index (χ1) is 12.8. The van der Waals surface area contributed by atoms with Gasteiger partial charge in [0.15, 0.2) is 0 Å². The number of aliphatic hydroxyl groups excluding tert-OH is 3. The Labute approximate surface area is 165 Å². The SMILES string of the molecule is COc1cc(O)c2c(c1Br)/C=C/C[C@H](O)[C@H](O)[C@@H](O)/C=C/C[C@H](C)OC2=O. The highest BCUT2D eigenvalue weighted by atomic mass is 79.9. The zero-order valence-corrected chi connectivity index (χ0v) is 16.6. The number of phenols is 1. The van der Waals surface area contributed by atoms with Gasteiger partial charge >= 0.3 is 5.97 Å². The van der Waals surface area contributed by atoms with Gasteiger partial charge in [-0.1, -0.05) is 24.3 Å². The average molecular weight is 443 g/mol. The second-order valence-corrected chi connectivity index (χ2v) is 7.06. The number of benzene rings is 1. The molecular formula is C19H23BrO7. The maximum atomic E-state index is 12.6. The molecule has 0 fully saturated rings. The van der Waals surface area contributed by atoms with E-state index in [0.717, 1.165) is 0 Å². The first-order valence-corrected chi connectivity index (χ1v) is 9.23. The van der Waals surface area contributed by atoms with E-state index < -0.39 is 30.4 Å². The van der Waals surface area contributed by atoms with Crippen LogP contribution in [0.15, 0.2) is 28.8 Å². The molecule has 27 heavy (non-hydrogen) atoms. The van der Waals surface area contributed by atoms with Gasteiger partial charge in [-0.25, -0.2) is 4.79 Å². The topological polar surface area (TPSA) is 116 Å². The molecule has 8 heteroatoms. The van der Waals surface area contributed by atoms with Gasteiger partial charge in [0.25, 0.3) is 0 Å². The molecule has 4 N–H and O–H groups in total. The van der Waals surface area contributed by atoms with Crippen molar-refractivity contribution in [3.8, 4) is 11.5 Å². The molecule has 1 heterocycles. The molecule has 7 nitrogen and oxygen atoms in total. The van der Waals surface area contributed by atoms with Crippen molar-refractivity contribution in [2.45, 2.75) is 44.2 Å². The van der Waals surface area contributed by atoms with E-state index in [4.69, 9.17) is 9.47 Å². The van der Waals surface area contributed by atoms with E-state index in [1.807, 2.05) is 0 Å². The number of esters is 1. The van der Waals surface area contributed by atoms with Crippen molar-refractivity contribution in [1.82, 2.24) is 0 Å². The first kappa shape index (κ1) is 21.4. The van der Waals surface area contributed by atoms with Gasteiger partial charge < -0.3 is 29.9 Å². The van der Waals surface area contributed by atoms with Gasteiger partial charge in [-0.05, 0) is 29.3 Å². The third-order valence-corrected chi connectivity index (χ3v) is 5.00. The number of hydrogen-bond donors (Lipinski definition) is 4. The van der Waals surface area contributed by atoms with Gasteiger partial charge in [0.05, 0.1) is 17.7 Å². The molecule has 4 atom stereocenters. The van der Waals surface area contributed by atoms with E-state index in [1.165, 1.54) is 31.4 Å². The molecule has 1 aromatic carbocycles. The molecule has 0 bridgehead atoms. The lowest BCUT2D eigenvalue weighted by Crippen LogP contribution is -2.35. The van der Waals surface area contributed by atoms with Crippen LogP contribution in [0, 0.1) is 0 Å². The first-order valence-electron chi connectivity index (χ1n) is 8.44. The molecule has 0 saturated carbocycles. The fraction of sp³-hybridized carbons (Fsp3) is 0.421. The molecule has 0 amide bonds. The Morgan fingerprint density at radius 3 is 2.59 bits per heavy atom. The Bertz CT molecular complexity index is 744. The zero-order valence-electron chi connectivity index (χ0n) is 15.0. The van der Waals surface area contributed by atoms with E-state index in [-0.39, 0.29) is 24.2 Å². The van der Waals surface area contributed by atoms with E-state index in [0.29, 0.717) is 15.8 Å². The van der Waals surface area contributed by atoms with Crippen LogP contribution >= 0.6 is 15.9 Å². The Kier molecular flexibility index (Phi) is 7.43. The van der Waals surface area contributed by atoms with Gasteiger partial charge in [0, 0.05) is 18.1 Å². The summed E-state index contributed by atoms with van der Waals surface area (Å²) in [6.45, 7) is 1.66. The highest BCUT2D eigenvalue weighted by Gasteiger charge is 2.25. The number of rotatable bonds is 1. The quantitative estimate of drug-likeness (QED) is 0.388. The van der Waals surface area contributed by atoms with Crippen molar-refractivity contribution in [2.24, 2.45) is 0 Å². The van der Waals surface area contributed by atoms with Crippen molar-refractivity contribution in [2.75, 3.05) is 7.11 Å². The van der Waals surface area contributed by atoms with E-state index in [1.54, 1.807) is 13.0 Å². The van der Waals surface area contributed by atoms with Crippen molar-refractivity contribution in [3.05, 3.63) is 39.9 Å². The number of carbonyl (C=O) groups excluding carboxylic acids is 1. The molecular weight excluding hydrogens is 420 g/mol. The molecule has 0 aliphatic carbocycles. The van der Waals surface area contributed by atoms with Crippen molar-refractivity contribution in [1.29, 1.82) is 0 Å². The van der Waals surface area contributed by atoms with Crippen molar-refractivity contribution < 1.29 is 34.7 Å². The average Bonchev–Trinajstić information content (AvgIpc) is 2.62. The van der Waals surface area contributed by atoms with Crippen molar-refractivity contribution >= 4 is 28.0 Å². The second-order valence-electron chi connectivity index (χ2n) is 6.27. The highest BCUT2D eigenvalue weighted by molar-refractivity contribution is 9.10. The molecule has 0 radical (unpaired) electrons. The number of halogens is 1. The summed E-state index contributed by atoms with van der Waals surface area (Å²) in [5.74, 6) is -0.697. The molecule has 2 rings (SSSR count). The summed E-state index contributed by atoms with van der Waals surface area (Å²) in [5, 5.41) is 40.3. The van der Waals surface area contributed by atoms with Gasteiger partial charge in [0.1, 0.15) is 35.4 Å². The summed E-state index contributed by atoms with van der Waals surface area (Å²) >= 11 is 3.35. The number of aliphatic hydroxyl groups is 3. The molecule has 1 aromatic rings. The van der Waals surface area contributed by atoms with Gasteiger partial charge in [-0.15, -0.1) is 0 Å². The van der Waals surface area contributed by atoms with Gasteiger partial charge in [0.2, 0.25) is 0 Å². The largest absolute Gasteiger partial charge is 0.507 e. The number of carbonyl (C=O) groups is 1. The minimum atomic E-state index is -1.37. The Morgan fingerprint density at radius 2 is 1.93 bits per heavy atom. The number of aromatic hydroxyl groups is 1. The molecule has 0 aromatic heterocycles. The number of fused-ring (bicyclic) bond motifs is 1. The van der Waals surface area contributed by atoms with Crippen LogP contribution in [0.3, 0.4) is 0 Å². The molecule has 0 unspecified atom stereocenters. The second kappa shape index (κ2) is 9.36. The standard InChI is InChI=1S/C19H23BrO7/c1-10-5-3-7-12(21)18(24)13(22)8-4-6-11-16(19(25)27-10)14(23)9-15(26-2)17(11)20/h3-4,6-7,9-10,12-13,18,21-24H,5,8H2,1-2H3/b6-4+,7-3+/t10-,12-,13-,18+/m0/s1. The highest BCUT2D eigenvalue weighted by Crippen LogP contribution is 2.38. The Morgan fingerprint density at radius 1 is 1.22 bits per heavy atom.